The van der Waals surface area contributed by atoms with Gasteiger partial charge in [-0.25, -0.2) is 0 Å². The Morgan fingerprint density at radius 1 is 1.41 bits per heavy atom. The van der Waals surface area contributed by atoms with Gasteiger partial charge in [-0.05, 0) is 30.9 Å². The lowest BCUT2D eigenvalue weighted by Gasteiger charge is -2.09. The van der Waals surface area contributed by atoms with Crippen molar-refractivity contribution >= 4 is 11.3 Å². The van der Waals surface area contributed by atoms with E-state index in [1.807, 2.05) is 37.0 Å². The summed E-state index contributed by atoms with van der Waals surface area (Å²) in [6.45, 7) is 4.05. The van der Waals surface area contributed by atoms with Gasteiger partial charge in [0.15, 0.2) is 0 Å². The number of aryl methyl sites for hydroxylation is 2. The van der Waals surface area contributed by atoms with Crippen molar-refractivity contribution in [3.05, 3.63) is 39.3 Å². The number of rotatable bonds is 4. The molecule has 1 atom stereocenters. The summed E-state index contributed by atoms with van der Waals surface area (Å²) in [5, 5.41) is 16.5. The molecule has 0 saturated carbocycles. The van der Waals surface area contributed by atoms with Gasteiger partial charge in [0.2, 0.25) is 0 Å². The molecule has 0 amide bonds. The zero-order chi connectivity index (χ0) is 12.4. The topological polar surface area (TPSA) is 38.0 Å². The molecule has 0 aromatic carbocycles. The van der Waals surface area contributed by atoms with Crippen molar-refractivity contribution in [2.24, 2.45) is 7.05 Å². The van der Waals surface area contributed by atoms with E-state index < -0.39 is 0 Å². The predicted octanol–water partition coefficient (Wildman–Crippen LogP) is 2.24. The first-order valence-electron chi connectivity index (χ1n) is 5.77. The number of hydrogen-bond donors (Lipinski definition) is 1. The minimum Gasteiger partial charge on any atom is -0.392 e. The summed E-state index contributed by atoms with van der Waals surface area (Å²) in [7, 11) is 1.94. The third-order valence-corrected chi connectivity index (χ3v) is 4.01. The Labute approximate surface area is 106 Å². The average molecular weight is 250 g/mol. The van der Waals surface area contributed by atoms with E-state index in [0.717, 1.165) is 17.8 Å². The van der Waals surface area contributed by atoms with Gasteiger partial charge in [-0.1, -0.05) is 6.07 Å². The van der Waals surface area contributed by atoms with Crippen molar-refractivity contribution in [3.8, 4) is 0 Å². The van der Waals surface area contributed by atoms with Crippen molar-refractivity contribution in [1.29, 1.82) is 0 Å². The molecular weight excluding hydrogens is 232 g/mol. The molecule has 92 valence electrons. The molecule has 1 unspecified atom stereocenters. The third kappa shape index (κ3) is 2.76. The number of hydrogen-bond acceptors (Lipinski definition) is 3. The number of nitrogens with zero attached hydrogens (tertiary/aromatic N) is 2. The molecule has 1 N–H and O–H groups in total. The molecule has 2 aromatic heterocycles. The highest BCUT2D eigenvalue weighted by molar-refractivity contribution is 7.09. The minimum absolute atomic E-state index is 0.324. The Hall–Kier alpha value is -1.13. The summed E-state index contributed by atoms with van der Waals surface area (Å²) in [6, 6.07) is 4.09. The van der Waals surface area contributed by atoms with Crippen LogP contribution in [0.2, 0.25) is 0 Å². The molecule has 0 radical (unpaired) electrons. The van der Waals surface area contributed by atoms with Crippen LogP contribution >= 0.6 is 11.3 Å². The maximum absolute atomic E-state index is 10.1. The van der Waals surface area contributed by atoms with E-state index in [9.17, 15) is 5.11 Å². The standard InChI is InChI=1S/C13H18N2OS/c1-9-13(10(2)15(3)14-9)8-11(16)7-12-5-4-6-17-12/h4-6,11,16H,7-8H2,1-3H3. The fourth-order valence-corrected chi connectivity index (χ4v) is 2.86. The van der Waals surface area contributed by atoms with Gasteiger partial charge in [-0.2, -0.15) is 5.10 Å². The number of thiophene rings is 1. The highest BCUT2D eigenvalue weighted by atomic mass is 32.1. The molecule has 0 bridgehead atoms. The molecule has 0 aliphatic heterocycles. The lowest BCUT2D eigenvalue weighted by Crippen LogP contribution is -2.14. The lowest BCUT2D eigenvalue weighted by atomic mass is 10.0. The van der Waals surface area contributed by atoms with Crippen molar-refractivity contribution in [1.82, 2.24) is 9.78 Å². The molecule has 2 aromatic rings. The molecule has 0 fully saturated rings. The highest BCUT2D eigenvalue weighted by Crippen LogP contribution is 2.17. The monoisotopic (exact) mass is 250 g/mol. The fraction of sp³-hybridized carbons (Fsp3) is 0.462. The first-order chi connectivity index (χ1) is 8.08. The van der Waals surface area contributed by atoms with E-state index in [1.165, 1.54) is 10.4 Å². The quantitative estimate of drug-likeness (QED) is 0.903. The molecule has 4 heteroatoms. The molecule has 0 aliphatic carbocycles. The summed E-state index contributed by atoms with van der Waals surface area (Å²) >= 11 is 1.69. The smallest absolute Gasteiger partial charge is 0.0630 e. The first-order valence-corrected chi connectivity index (χ1v) is 6.65. The van der Waals surface area contributed by atoms with Crippen LogP contribution in [-0.2, 0) is 19.9 Å². The SMILES string of the molecule is Cc1nn(C)c(C)c1CC(O)Cc1cccs1. The van der Waals surface area contributed by atoms with Crippen LogP contribution in [0.15, 0.2) is 17.5 Å². The second-order valence-corrected chi connectivity index (χ2v) is 5.45. The molecule has 0 saturated heterocycles. The number of aliphatic hydroxyl groups excluding tert-OH is 1. The van der Waals surface area contributed by atoms with Crippen LogP contribution in [0.1, 0.15) is 21.8 Å². The summed E-state index contributed by atoms with van der Waals surface area (Å²) in [5.41, 5.74) is 3.35. The van der Waals surface area contributed by atoms with Crippen LogP contribution in [0.3, 0.4) is 0 Å². The Kier molecular flexibility index (Phi) is 3.64. The third-order valence-electron chi connectivity index (χ3n) is 3.12. The summed E-state index contributed by atoms with van der Waals surface area (Å²) in [6.07, 6.45) is 1.09. The predicted molar refractivity (Wildman–Crippen MR) is 70.4 cm³/mol. The van der Waals surface area contributed by atoms with Crippen LogP contribution in [0.4, 0.5) is 0 Å². The fourth-order valence-electron chi connectivity index (χ4n) is 2.08. The van der Waals surface area contributed by atoms with Gasteiger partial charge >= 0.3 is 0 Å². The van der Waals surface area contributed by atoms with Gasteiger partial charge in [0.1, 0.15) is 0 Å². The van der Waals surface area contributed by atoms with E-state index in [-0.39, 0.29) is 6.10 Å². The average Bonchev–Trinajstić information content (AvgIpc) is 2.83. The Morgan fingerprint density at radius 3 is 2.71 bits per heavy atom. The minimum atomic E-state index is -0.324. The maximum Gasteiger partial charge on any atom is 0.0630 e. The van der Waals surface area contributed by atoms with Gasteiger partial charge in [0, 0.05) is 30.5 Å². The summed E-state index contributed by atoms with van der Waals surface area (Å²) in [5.74, 6) is 0. The van der Waals surface area contributed by atoms with E-state index >= 15 is 0 Å². The summed E-state index contributed by atoms with van der Waals surface area (Å²) in [4.78, 5) is 1.23. The van der Waals surface area contributed by atoms with E-state index in [1.54, 1.807) is 11.3 Å². The largest absolute Gasteiger partial charge is 0.392 e. The van der Waals surface area contributed by atoms with Gasteiger partial charge in [0.25, 0.3) is 0 Å². The Bertz CT molecular complexity index is 488. The van der Waals surface area contributed by atoms with Gasteiger partial charge < -0.3 is 5.11 Å². The van der Waals surface area contributed by atoms with Crippen molar-refractivity contribution in [3.63, 3.8) is 0 Å². The molecule has 17 heavy (non-hydrogen) atoms. The van der Waals surface area contributed by atoms with Gasteiger partial charge in [-0.15, -0.1) is 11.3 Å². The van der Waals surface area contributed by atoms with Crippen molar-refractivity contribution < 1.29 is 5.11 Å². The molecule has 0 spiro atoms. The van der Waals surface area contributed by atoms with Crippen LogP contribution in [0.5, 0.6) is 0 Å². The molecule has 0 aliphatic rings. The van der Waals surface area contributed by atoms with E-state index in [2.05, 4.69) is 11.2 Å². The van der Waals surface area contributed by atoms with E-state index in [0.29, 0.717) is 6.42 Å². The lowest BCUT2D eigenvalue weighted by molar-refractivity contribution is 0.176. The number of aromatic nitrogens is 2. The van der Waals surface area contributed by atoms with Crippen LogP contribution in [0.25, 0.3) is 0 Å². The van der Waals surface area contributed by atoms with E-state index in [4.69, 9.17) is 0 Å². The zero-order valence-electron chi connectivity index (χ0n) is 10.5. The zero-order valence-corrected chi connectivity index (χ0v) is 11.3. The molecule has 2 rings (SSSR count). The Morgan fingerprint density at radius 2 is 2.18 bits per heavy atom. The molecule has 2 heterocycles. The first kappa shape index (κ1) is 12.3. The molecule has 3 nitrogen and oxygen atoms in total. The van der Waals surface area contributed by atoms with Crippen molar-refractivity contribution in [2.45, 2.75) is 32.8 Å². The van der Waals surface area contributed by atoms with Crippen molar-refractivity contribution in [2.75, 3.05) is 0 Å². The maximum atomic E-state index is 10.1. The normalized spacial score (nSPS) is 12.9. The highest BCUT2D eigenvalue weighted by Gasteiger charge is 2.14. The summed E-state index contributed by atoms with van der Waals surface area (Å²) < 4.78 is 1.88. The van der Waals surface area contributed by atoms with Crippen LogP contribution in [-0.4, -0.2) is 21.0 Å². The van der Waals surface area contributed by atoms with Gasteiger partial charge in [0.05, 0.1) is 11.8 Å². The second-order valence-electron chi connectivity index (χ2n) is 4.41. The second kappa shape index (κ2) is 5.02. The van der Waals surface area contributed by atoms with Crippen LogP contribution in [0, 0.1) is 13.8 Å². The van der Waals surface area contributed by atoms with Crippen LogP contribution < -0.4 is 0 Å². The Balaban J connectivity index is 2.05. The number of aliphatic hydroxyl groups is 1. The van der Waals surface area contributed by atoms with Gasteiger partial charge in [-0.3, -0.25) is 4.68 Å². The molecular formula is C13H18N2OS.